The maximum absolute atomic E-state index is 12.2. The third-order valence-corrected chi connectivity index (χ3v) is 4.53. The molecule has 0 radical (unpaired) electrons. The van der Waals surface area contributed by atoms with Gasteiger partial charge in [0.1, 0.15) is 0 Å². The van der Waals surface area contributed by atoms with Gasteiger partial charge >= 0.3 is 0 Å². The summed E-state index contributed by atoms with van der Waals surface area (Å²) in [5, 5.41) is 4.29. The van der Waals surface area contributed by atoms with Crippen LogP contribution in [0.4, 0.5) is 11.6 Å². The zero-order valence-corrected chi connectivity index (χ0v) is 15.2. The number of nitrogens with zero attached hydrogens (tertiary/aromatic N) is 5. The molecule has 7 nitrogen and oxygen atoms in total. The quantitative estimate of drug-likeness (QED) is 0.593. The van der Waals surface area contributed by atoms with Gasteiger partial charge in [0.15, 0.2) is 0 Å². The van der Waals surface area contributed by atoms with E-state index in [1.807, 2.05) is 47.1 Å². The number of nitrogens with two attached hydrogens (primary N) is 1. The molecule has 0 fully saturated rings. The topological polar surface area (TPSA) is 81.4 Å². The Hall–Kier alpha value is -3.61. The highest BCUT2D eigenvalue weighted by molar-refractivity contribution is 6.03. The molecular weight excluding hydrogens is 340 g/mol. The second kappa shape index (κ2) is 6.60. The first-order chi connectivity index (χ1) is 13.0. The Morgan fingerprint density at radius 1 is 1.22 bits per heavy atom. The molecule has 4 aromatic rings. The zero-order chi connectivity index (χ0) is 19.0. The lowest BCUT2D eigenvalue weighted by atomic mass is 10.1. The first-order valence-electron chi connectivity index (χ1n) is 8.61. The number of amides is 1. The van der Waals surface area contributed by atoms with Gasteiger partial charge in [-0.3, -0.25) is 4.79 Å². The van der Waals surface area contributed by atoms with Gasteiger partial charge in [0, 0.05) is 25.6 Å². The molecule has 0 aliphatic rings. The second-order valence-corrected chi connectivity index (χ2v) is 6.52. The van der Waals surface area contributed by atoms with Crippen LogP contribution in [0, 0.1) is 6.92 Å². The van der Waals surface area contributed by atoms with E-state index in [0.29, 0.717) is 23.7 Å². The number of hydrogen-bond acceptors (Lipinski definition) is 4. The molecule has 0 aliphatic carbocycles. The molecule has 1 aromatic carbocycles. The molecule has 0 aliphatic heterocycles. The van der Waals surface area contributed by atoms with Crippen molar-refractivity contribution in [3.63, 3.8) is 0 Å². The van der Waals surface area contributed by atoms with Crippen molar-refractivity contribution in [2.24, 2.45) is 12.8 Å². The SMILES string of the molecule is Cc1cccc(CN(c2c(C(N)=O)cnn3cccc23)c2nccn2C)c1. The van der Waals surface area contributed by atoms with Crippen LogP contribution in [0.5, 0.6) is 0 Å². The van der Waals surface area contributed by atoms with E-state index in [2.05, 4.69) is 35.2 Å². The number of imidazole rings is 1. The Morgan fingerprint density at radius 3 is 2.78 bits per heavy atom. The molecule has 0 saturated heterocycles. The van der Waals surface area contributed by atoms with Crippen LogP contribution >= 0.6 is 0 Å². The molecule has 0 spiro atoms. The smallest absolute Gasteiger partial charge is 0.252 e. The summed E-state index contributed by atoms with van der Waals surface area (Å²) in [4.78, 5) is 18.7. The Bertz CT molecular complexity index is 1130. The Morgan fingerprint density at radius 2 is 2.07 bits per heavy atom. The highest BCUT2D eigenvalue weighted by Gasteiger charge is 2.23. The molecule has 136 valence electrons. The van der Waals surface area contributed by atoms with Crippen molar-refractivity contribution in [1.82, 2.24) is 19.2 Å². The monoisotopic (exact) mass is 360 g/mol. The minimum Gasteiger partial charge on any atom is -0.365 e. The van der Waals surface area contributed by atoms with Crippen molar-refractivity contribution >= 4 is 23.1 Å². The van der Waals surface area contributed by atoms with Crippen molar-refractivity contribution < 1.29 is 4.79 Å². The normalized spacial score (nSPS) is 11.0. The Labute approximate surface area is 156 Å². The predicted octanol–water partition coefficient (Wildman–Crippen LogP) is 2.81. The largest absolute Gasteiger partial charge is 0.365 e. The van der Waals surface area contributed by atoms with Crippen LogP contribution in [0.3, 0.4) is 0 Å². The summed E-state index contributed by atoms with van der Waals surface area (Å²) < 4.78 is 3.65. The predicted molar refractivity (Wildman–Crippen MR) is 104 cm³/mol. The molecule has 0 saturated carbocycles. The number of hydrogen-bond donors (Lipinski definition) is 1. The van der Waals surface area contributed by atoms with E-state index in [0.717, 1.165) is 11.1 Å². The molecule has 1 amide bonds. The van der Waals surface area contributed by atoms with Crippen LogP contribution in [0.15, 0.2) is 61.2 Å². The number of fused-ring (bicyclic) bond motifs is 1. The third-order valence-electron chi connectivity index (χ3n) is 4.53. The summed E-state index contributed by atoms with van der Waals surface area (Å²) in [5.74, 6) is 0.193. The van der Waals surface area contributed by atoms with E-state index < -0.39 is 5.91 Å². The maximum Gasteiger partial charge on any atom is 0.252 e. The number of aromatic nitrogens is 4. The van der Waals surface area contributed by atoms with E-state index in [-0.39, 0.29) is 0 Å². The summed E-state index contributed by atoms with van der Waals surface area (Å²) in [7, 11) is 1.92. The first-order valence-corrected chi connectivity index (χ1v) is 8.61. The number of carbonyl (C=O) groups excluding carboxylic acids is 1. The van der Waals surface area contributed by atoms with E-state index in [9.17, 15) is 4.79 Å². The summed E-state index contributed by atoms with van der Waals surface area (Å²) in [6, 6.07) is 12.1. The van der Waals surface area contributed by atoms with Crippen molar-refractivity contribution in [2.45, 2.75) is 13.5 Å². The number of anilines is 2. The van der Waals surface area contributed by atoms with Gasteiger partial charge in [-0.05, 0) is 24.6 Å². The van der Waals surface area contributed by atoms with Crippen LogP contribution in [0.2, 0.25) is 0 Å². The van der Waals surface area contributed by atoms with Crippen molar-refractivity contribution in [1.29, 1.82) is 0 Å². The lowest BCUT2D eigenvalue weighted by Gasteiger charge is -2.26. The number of aryl methyl sites for hydroxylation is 2. The lowest BCUT2D eigenvalue weighted by molar-refractivity contribution is 0.100. The van der Waals surface area contributed by atoms with E-state index >= 15 is 0 Å². The number of primary amides is 1. The molecule has 0 atom stereocenters. The van der Waals surface area contributed by atoms with Crippen LogP contribution < -0.4 is 10.6 Å². The minimum atomic E-state index is -0.523. The fourth-order valence-corrected chi connectivity index (χ4v) is 3.30. The molecule has 0 unspecified atom stereocenters. The van der Waals surface area contributed by atoms with Gasteiger partial charge < -0.3 is 15.2 Å². The summed E-state index contributed by atoms with van der Waals surface area (Å²) in [6.45, 7) is 2.60. The van der Waals surface area contributed by atoms with Crippen molar-refractivity contribution in [3.8, 4) is 0 Å². The molecule has 3 heterocycles. The molecule has 7 heteroatoms. The third kappa shape index (κ3) is 3.03. The van der Waals surface area contributed by atoms with E-state index in [1.165, 1.54) is 11.8 Å². The number of rotatable bonds is 5. The van der Waals surface area contributed by atoms with Crippen molar-refractivity contribution in [3.05, 3.63) is 77.9 Å². The fourth-order valence-electron chi connectivity index (χ4n) is 3.30. The molecule has 3 aromatic heterocycles. The lowest BCUT2D eigenvalue weighted by Crippen LogP contribution is -2.25. The van der Waals surface area contributed by atoms with Crippen LogP contribution in [-0.2, 0) is 13.6 Å². The van der Waals surface area contributed by atoms with Gasteiger partial charge in [-0.1, -0.05) is 29.8 Å². The van der Waals surface area contributed by atoms with Crippen LogP contribution in [0.25, 0.3) is 5.52 Å². The summed E-state index contributed by atoms with van der Waals surface area (Å²) in [5.41, 5.74) is 9.80. The van der Waals surface area contributed by atoms with Gasteiger partial charge in [0.05, 0.1) is 29.5 Å². The minimum absolute atomic E-state index is 0.358. The van der Waals surface area contributed by atoms with Gasteiger partial charge in [0.25, 0.3) is 5.91 Å². The molecular formula is C20H20N6O. The zero-order valence-electron chi connectivity index (χ0n) is 15.2. The maximum atomic E-state index is 12.2. The van der Waals surface area contributed by atoms with Crippen LogP contribution in [-0.4, -0.2) is 25.1 Å². The number of carbonyl (C=O) groups is 1. The summed E-state index contributed by atoms with van der Waals surface area (Å²) >= 11 is 0. The fraction of sp³-hybridized carbons (Fsp3) is 0.150. The van der Waals surface area contributed by atoms with E-state index in [1.54, 1.807) is 10.7 Å². The average molecular weight is 360 g/mol. The van der Waals surface area contributed by atoms with Crippen LogP contribution in [0.1, 0.15) is 21.5 Å². The molecule has 2 N–H and O–H groups in total. The Balaban J connectivity index is 1.95. The highest BCUT2D eigenvalue weighted by Crippen LogP contribution is 2.33. The van der Waals surface area contributed by atoms with Crippen molar-refractivity contribution in [2.75, 3.05) is 4.90 Å². The molecule has 0 bridgehead atoms. The standard InChI is InChI=1S/C20H20N6O/c1-14-5-3-6-15(11-14)13-25(20-22-8-10-24(20)2)18-16(19(21)27)12-23-26-9-4-7-17(18)26/h3-12H,13H2,1-2H3,(H2,21,27). The average Bonchev–Trinajstić information content (AvgIpc) is 3.27. The second-order valence-electron chi connectivity index (χ2n) is 6.52. The first kappa shape index (κ1) is 16.8. The van der Waals surface area contributed by atoms with Gasteiger partial charge in [-0.2, -0.15) is 5.10 Å². The Kier molecular flexibility index (Phi) is 4.12. The summed E-state index contributed by atoms with van der Waals surface area (Å²) in [6.07, 6.45) is 6.96. The molecule has 27 heavy (non-hydrogen) atoms. The van der Waals surface area contributed by atoms with Gasteiger partial charge in [0.2, 0.25) is 5.95 Å². The number of benzene rings is 1. The molecule has 4 rings (SSSR count). The van der Waals surface area contributed by atoms with Gasteiger partial charge in [-0.25, -0.2) is 9.50 Å². The highest BCUT2D eigenvalue weighted by atomic mass is 16.1. The van der Waals surface area contributed by atoms with E-state index in [4.69, 9.17) is 5.73 Å². The van der Waals surface area contributed by atoms with Gasteiger partial charge in [-0.15, -0.1) is 0 Å².